The third-order valence-corrected chi connectivity index (χ3v) is 12.5. The fourth-order valence-corrected chi connectivity index (χ4v) is 8.16. The number of aliphatic hydroxyl groups is 1. The zero-order chi connectivity index (χ0) is 48.4. The fraction of sp³-hybridized carbons (Fsp3) is 0.833. The first-order chi connectivity index (χ1) is 32.2. The van der Waals surface area contributed by atoms with E-state index in [1.54, 1.807) is 0 Å². The summed E-state index contributed by atoms with van der Waals surface area (Å²) in [5.41, 5.74) is 0. The van der Waals surface area contributed by atoms with Gasteiger partial charge < -0.3 is 24.2 Å². The zero-order valence-corrected chi connectivity index (χ0v) is 43.3. The molecule has 0 aliphatic carbocycles. The van der Waals surface area contributed by atoms with Gasteiger partial charge in [0.1, 0.15) is 12.7 Å². The molecule has 2 N–H and O–H groups in total. The fourth-order valence-electron chi connectivity index (χ4n) is 7.38. The van der Waals surface area contributed by atoms with Crippen molar-refractivity contribution in [1.82, 2.24) is 0 Å². The molecular formula is C54H99O11P. The Morgan fingerprint density at radius 3 is 1.18 bits per heavy atom. The van der Waals surface area contributed by atoms with Crippen LogP contribution in [0.15, 0.2) is 36.5 Å². The van der Waals surface area contributed by atoms with E-state index in [9.17, 15) is 28.9 Å². The lowest BCUT2D eigenvalue weighted by Gasteiger charge is -2.21. The molecule has 12 heteroatoms. The van der Waals surface area contributed by atoms with Gasteiger partial charge in [0.25, 0.3) is 0 Å². The molecule has 0 heterocycles. The van der Waals surface area contributed by atoms with Gasteiger partial charge in [-0.2, -0.15) is 0 Å². The van der Waals surface area contributed by atoms with Gasteiger partial charge in [-0.3, -0.25) is 23.4 Å². The van der Waals surface area contributed by atoms with E-state index in [-0.39, 0.29) is 25.9 Å². The van der Waals surface area contributed by atoms with E-state index >= 15 is 0 Å². The number of esters is 3. The highest BCUT2D eigenvalue weighted by Crippen LogP contribution is 2.43. The van der Waals surface area contributed by atoms with Gasteiger partial charge in [0.2, 0.25) is 0 Å². The monoisotopic (exact) mass is 955 g/mol. The molecule has 11 nitrogen and oxygen atoms in total. The number of ether oxygens (including phenoxy) is 3. The van der Waals surface area contributed by atoms with Gasteiger partial charge >= 0.3 is 25.7 Å². The van der Waals surface area contributed by atoms with Crippen LogP contribution < -0.4 is 0 Å². The SMILES string of the molecule is CCCCC/C=C\C/C=C\CCCCCCCC(=O)OC(COC(=O)CCCCCCC/C=C\CCCCCC)COP(=O)(O)OCC(CO)OC(=O)CCCCCCCCCCCCC. The third kappa shape index (κ3) is 46.8. The van der Waals surface area contributed by atoms with Crippen molar-refractivity contribution >= 4 is 25.7 Å². The molecule has 386 valence electrons. The smallest absolute Gasteiger partial charge is 0.462 e. The van der Waals surface area contributed by atoms with E-state index in [0.29, 0.717) is 19.3 Å². The van der Waals surface area contributed by atoms with Crippen LogP contribution in [0.25, 0.3) is 0 Å². The highest BCUT2D eigenvalue weighted by Gasteiger charge is 2.28. The normalized spacial score (nSPS) is 13.7. The van der Waals surface area contributed by atoms with Crippen LogP contribution in [0.3, 0.4) is 0 Å². The van der Waals surface area contributed by atoms with Gasteiger partial charge in [-0.05, 0) is 77.0 Å². The Morgan fingerprint density at radius 1 is 0.424 bits per heavy atom. The summed E-state index contributed by atoms with van der Waals surface area (Å²) in [4.78, 5) is 48.3. The molecule has 0 radical (unpaired) electrons. The van der Waals surface area contributed by atoms with Crippen molar-refractivity contribution in [1.29, 1.82) is 0 Å². The van der Waals surface area contributed by atoms with Crippen molar-refractivity contribution in [3.8, 4) is 0 Å². The van der Waals surface area contributed by atoms with Gasteiger partial charge in [0, 0.05) is 19.3 Å². The lowest BCUT2D eigenvalue weighted by Crippen LogP contribution is -2.30. The minimum absolute atomic E-state index is 0.152. The first-order valence-electron chi connectivity index (χ1n) is 26.9. The molecule has 0 aliphatic rings. The Labute approximate surface area is 403 Å². The van der Waals surface area contributed by atoms with E-state index in [2.05, 4.69) is 57.2 Å². The Hall–Kier alpha value is -2.30. The summed E-state index contributed by atoms with van der Waals surface area (Å²) >= 11 is 0. The van der Waals surface area contributed by atoms with Crippen LogP contribution in [0.4, 0.5) is 0 Å². The summed E-state index contributed by atoms with van der Waals surface area (Å²) in [5.74, 6) is -1.48. The van der Waals surface area contributed by atoms with Gasteiger partial charge in [-0.25, -0.2) is 4.57 Å². The van der Waals surface area contributed by atoms with Crippen LogP contribution in [0.5, 0.6) is 0 Å². The van der Waals surface area contributed by atoms with Crippen molar-refractivity contribution in [2.24, 2.45) is 0 Å². The molecule has 0 aliphatic heterocycles. The zero-order valence-electron chi connectivity index (χ0n) is 42.4. The summed E-state index contributed by atoms with van der Waals surface area (Å²) in [6.45, 7) is 4.58. The number of allylic oxidation sites excluding steroid dienone is 6. The number of carbonyl (C=O) groups excluding carboxylic acids is 3. The number of aliphatic hydroxyl groups excluding tert-OH is 1. The minimum Gasteiger partial charge on any atom is -0.462 e. The van der Waals surface area contributed by atoms with Crippen LogP contribution in [-0.4, -0.2) is 66.5 Å². The lowest BCUT2D eigenvalue weighted by atomic mass is 10.1. The topological polar surface area (TPSA) is 155 Å². The highest BCUT2D eigenvalue weighted by atomic mass is 31.2. The van der Waals surface area contributed by atoms with Crippen molar-refractivity contribution in [3.63, 3.8) is 0 Å². The average molecular weight is 955 g/mol. The van der Waals surface area contributed by atoms with Crippen molar-refractivity contribution in [3.05, 3.63) is 36.5 Å². The first kappa shape index (κ1) is 63.7. The molecule has 0 aromatic carbocycles. The lowest BCUT2D eigenvalue weighted by molar-refractivity contribution is -0.161. The standard InChI is InChI=1S/C54H99O11P/c1-4-7-10-13-16-19-22-24-25-27-30-33-36-39-42-45-54(58)65-51(47-61-52(56)43-40-37-34-31-29-26-23-20-17-14-11-8-5-2)49-63-66(59,60)62-48-50(46-55)64-53(57)44-41-38-35-32-28-21-18-15-12-9-6-3/h16,19-20,23-25,50-51,55H,4-15,17-18,21-22,26-49H2,1-3H3,(H,59,60)/b19-16-,23-20-,25-24-. The molecular weight excluding hydrogens is 856 g/mol. The highest BCUT2D eigenvalue weighted by molar-refractivity contribution is 7.47. The number of unbranched alkanes of at least 4 members (excludes halogenated alkanes) is 27. The second kappa shape index (κ2) is 49.1. The molecule has 66 heavy (non-hydrogen) atoms. The van der Waals surface area contributed by atoms with Crippen LogP contribution in [0.1, 0.15) is 252 Å². The maximum atomic E-state index is 12.8. The van der Waals surface area contributed by atoms with Crippen LogP contribution in [-0.2, 0) is 42.2 Å². The maximum absolute atomic E-state index is 12.8. The Morgan fingerprint density at radius 2 is 0.742 bits per heavy atom. The molecule has 0 aromatic heterocycles. The maximum Gasteiger partial charge on any atom is 0.472 e. The van der Waals surface area contributed by atoms with Crippen LogP contribution in [0, 0.1) is 0 Å². The molecule has 0 fully saturated rings. The summed E-state index contributed by atoms with van der Waals surface area (Å²) in [7, 11) is -4.74. The van der Waals surface area contributed by atoms with Crippen LogP contribution in [0.2, 0.25) is 0 Å². The third-order valence-electron chi connectivity index (χ3n) is 11.5. The van der Waals surface area contributed by atoms with Crippen molar-refractivity contribution in [2.45, 2.75) is 264 Å². The molecule has 3 atom stereocenters. The molecule has 0 aromatic rings. The predicted molar refractivity (Wildman–Crippen MR) is 270 cm³/mol. The molecule has 0 saturated heterocycles. The van der Waals surface area contributed by atoms with Gasteiger partial charge in [-0.15, -0.1) is 0 Å². The number of hydrogen-bond donors (Lipinski definition) is 2. The number of rotatable bonds is 50. The molecule has 3 unspecified atom stereocenters. The summed E-state index contributed by atoms with van der Waals surface area (Å²) in [5, 5.41) is 9.77. The summed E-state index contributed by atoms with van der Waals surface area (Å²) in [6, 6.07) is 0. The summed E-state index contributed by atoms with van der Waals surface area (Å²) in [6.07, 6.45) is 48.2. The number of carbonyl (C=O) groups is 3. The van der Waals surface area contributed by atoms with Gasteiger partial charge in [0.05, 0.1) is 19.8 Å². The Balaban J connectivity index is 4.76. The molecule has 0 rings (SSSR count). The summed E-state index contributed by atoms with van der Waals surface area (Å²) < 4.78 is 39.4. The molecule has 0 amide bonds. The van der Waals surface area contributed by atoms with E-state index in [0.717, 1.165) is 103 Å². The van der Waals surface area contributed by atoms with E-state index < -0.39 is 57.8 Å². The molecule has 0 saturated carbocycles. The second-order valence-corrected chi connectivity index (χ2v) is 19.5. The van der Waals surface area contributed by atoms with Crippen LogP contribution >= 0.6 is 7.82 Å². The predicted octanol–water partition coefficient (Wildman–Crippen LogP) is 15.3. The number of hydrogen-bond acceptors (Lipinski definition) is 10. The van der Waals surface area contributed by atoms with Crippen molar-refractivity contribution < 1.29 is 52.2 Å². The van der Waals surface area contributed by atoms with Gasteiger partial charge in [-0.1, -0.05) is 192 Å². The van der Waals surface area contributed by atoms with E-state index in [4.69, 9.17) is 23.3 Å². The van der Waals surface area contributed by atoms with E-state index in [1.807, 2.05) is 0 Å². The van der Waals surface area contributed by atoms with E-state index in [1.165, 1.54) is 89.9 Å². The Bertz CT molecular complexity index is 1250. The number of phosphoric ester groups is 1. The molecule has 0 spiro atoms. The second-order valence-electron chi connectivity index (χ2n) is 18.0. The largest absolute Gasteiger partial charge is 0.472 e. The van der Waals surface area contributed by atoms with Gasteiger partial charge in [0.15, 0.2) is 6.10 Å². The average Bonchev–Trinajstić information content (AvgIpc) is 3.30. The Kier molecular flexibility index (Phi) is 47.4. The molecule has 0 bridgehead atoms. The number of phosphoric acid groups is 1. The first-order valence-corrected chi connectivity index (χ1v) is 28.4. The minimum atomic E-state index is -4.74. The quantitative estimate of drug-likeness (QED) is 0.0197. The van der Waals surface area contributed by atoms with Crippen molar-refractivity contribution in [2.75, 3.05) is 26.4 Å².